The van der Waals surface area contributed by atoms with Crippen molar-refractivity contribution in [2.24, 2.45) is 10.9 Å². The number of aromatic nitrogens is 1. The number of thioether (sulfide) groups is 1. The lowest BCUT2D eigenvalue weighted by atomic mass is 10.2. The average Bonchev–Trinajstić information content (AvgIpc) is 2.29. The van der Waals surface area contributed by atoms with Crippen molar-refractivity contribution in [2.45, 2.75) is 11.9 Å². The molecule has 0 saturated heterocycles. The molecule has 0 aliphatic heterocycles. The molecule has 0 atom stereocenters. The standard InChI is InChI=1S/C10H15N3O2S/c1-7-3-4-8(9(11)13-14)10(12-7)16-6-5-15-2/h3-4,14H,5-6H2,1-2H3,(H2,11,13). The van der Waals surface area contributed by atoms with Gasteiger partial charge in [0.1, 0.15) is 5.03 Å². The van der Waals surface area contributed by atoms with Gasteiger partial charge in [-0.3, -0.25) is 0 Å². The van der Waals surface area contributed by atoms with Crippen LogP contribution in [0.4, 0.5) is 0 Å². The number of hydrogen-bond donors (Lipinski definition) is 2. The van der Waals surface area contributed by atoms with Crippen LogP contribution in [-0.2, 0) is 4.74 Å². The fourth-order valence-electron chi connectivity index (χ4n) is 1.11. The van der Waals surface area contributed by atoms with Crippen molar-refractivity contribution in [1.29, 1.82) is 0 Å². The molecule has 0 aliphatic rings. The third kappa shape index (κ3) is 3.39. The highest BCUT2D eigenvalue weighted by Crippen LogP contribution is 2.20. The van der Waals surface area contributed by atoms with E-state index in [9.17, 15) is 0 Å². The summed E-state index contributed by atoms with van der Waals surface area (Å²) < 4.78 is 4.96. The lowest BCUT2D eigenvalue weighted by Crippen LogP contribution is -2.15. The molecule has 0 saturated carbocycles. The smallest absolute Gasteiger partial charge is 0.172 e. The molecule has 1 heterocycles. The SMILES string of the molecule is COCCSc1nc(C)ccc1C(N)=NO. The summed E-state index contributed by atoms with van der Waals surface area (Å²) in [7, 11) is 1.65. The van der Waals surface area contributed by atoms with Crippen LogP contribution in [-0.4, -0.2) is 35.5 Å². The Labute approximate surface area is 98.7 Å². The zero-order valence-corrected chi connectivity index (χ0v) is 10.1. The number of ether oxygens (including phenoxy) is 1. The quantitative estimate of drug-likeness (QED) is 0.202. The summed E-state index contributed by atoms with van der Waals surface area (Å²) in [5.41, 5.74) is 7.11. The van der Waals surface area contributed by atoms with E-state index < -0.39 is 0 Å². The summed E-state index contributed by atoms with van der Waals surface area (Å²) in [6.45, 7) is 2.53. The van der Waals surface area contributed by atoms with Crippen LogP contribution in [0.5, 0.6) is 0 Å². The summed E-state index contributed by atoms with van der Waals surface area (Å²) in [6.07, 6.45) is 0. The van der Waals surface area contributed by atoms with Crippen LogP contribution in [0.3, 0.4) is 0 Å². The molecule has 1 aromatic heterocycles. The first-order valence-corrected chi connectivity index (χ1v) is 5.75. The second kappa shape index (κ2) is 6.34. The maximum Gasteiger partial charge on any atom is 0.172 e. The molecule has 0 fully saturated rings. The number of nitrogens with zero attached hydrogens (tertiary/aromatic N) is 2. The predicted octanol–water partition coefficient (Wildman–Crippen LogP) is 1.22. The monoisotopic (exact) mass is 241 g/mol. The second-order valence-corrected chi connectivity index (χ2v) is 4.22. The molecule has 0 radical (unpaired) electrons. The van der Waals surface area contributed by atoms with Crippen LogP contribution in [0.2, 0.25) is 0 Å². The van der Waals surface area contributed by atoms with E-state index in [2.05, 4.69) is 10.1 Å². The third-order valence-electron chi connectivity index (χ3n) is 1.91. The van der Waals surface area contributed by atoms with E-state index in [1.165, 1.54) is 11.8 Å². The molecule has 0 spiro atoms. The minimum atomic E-state index is 0.0763. The molecule has 1 rings (SSSR count). The van der Waals surface area contributed by atoms with Crippen molar-refractivity contribution >= 4 is 17.6 Å². The number of amidine groups is 1. The zero-order valence-electron chi connectivity index (χ0n) is 9.30. The normalized spacial score (nSPS) is 11.8. The van der Waals surface area contributed by atoms with E-state index in [1.807, 2.05) is 13.0 Å². The van der Waals surface area contributed by atoms with Gasteiger partial charge in [-0.1, -0.05) is 5.16 Å². The molecule has 0 aromatic carbocycles. The molecule has 0 bridgehead atoms. The van der Waals surface area contributed by atoms with E-state index in [1.54, 1.807) is 13.2 Å². The Bertz CT molecular complexity index is 382. The van der Waals surface area contributed by atoms with Gasteiger partial charge in [-0.05, 0) is 19.1 Å². The minimum Gasteiger partial charge on any atom is -0.409 e. The molecule has 1 aromatic rings. The number of oxime groups is 1. The van der Waals surface area contributed by atoms with Crippen LogP contribution in [0.15, 0.2) is 22.3 Å². The minimum absolute atomic E-state index is 0.0763. The van der Waals surface area contributed by atoms with Gasteiger partial charge in [0.05, 0.1) is 12.2 Å². The first-order valence-electron chi connectivity index (χ1n) is 4.76. The highest BCUT2D eigenvalue weighted by molar-refractivity contribution is 7.99. The first-order chi connectivity index (χ1) is 7.69. The molecule has 0 unspecified atom stereocenters. The molecular formula is C10H15N3O2S. The van der Waals surface area contributed by atoms with Gasteiger partial charge in [0.15, 0.2) is 5.84 Å². The third-order valence-corrected chi connectivity index (χ3v) is 2.86. The van der Waals surface area contributed by atoms with Gasteiger partial charge in [-0.15, -0.1) is 11.8 Å². The van der Waals surface area contributed by atoms with Gasteiger partial charge in [-0.2, -0.15) is 0 Å². The fourth-order valence-corrected chi connectivity index (χ4v) is 2.09. The second-order valence-electron chi connectivity index (χ2n) is 3.13. The number of methoxy groups -OCH3 is 1. The molecule has 0 aliphatic carbocycles. The molecule has 5 nitrogen and oxygen atoms in total. The summed E-state index contributed by atoms with van der Waals surface area (Å²) in [5.74, 6) is 0.853. The van der Waals surface area contributed by atoms with Gasteiger partial charge >= 0.3 is 0 Å². The lowest BCUT2D eigenvalue weighted by Gasteiger charge is -2.07. The highest BCUT2D eigenvalue weighted by Gasteiger charge is 2.09. The van der Waals surface area contributed by atoms with Crippen molar-refractivity contribution in [3.05, 3.63) is 23.4 Å². The topological polar surface area (TPSA) is 80.7 Å². The van der Waals surface area contributed by atoms with Crippen LogP contribution >= 0.6 is 11.8 Å². The Balaban J connectivity index is 2.90. The van der Waals surface area contributed by atoms with Crippen molar-refractivity contribution in [3.63, 3.8) is 0 Å². The van der Waals surface area contributed by atoms with E-state index in [-0.39, 0.29) is 5.84 Å². The van der Waals surface area contributed by atoms with Crippen molar-refractivity contribution in [3.8, 4) is 0 Å². The molecule has 88 valence electrons. The van der Waals surface area contributed by atoms with Crippen LogP contribution in [0, 0.1) is 6.92 Å². The Morgan fingerprint density at radius 1 is 1.62 bits per heavy atom. The lowest BCUT2D eigenvalue weighted by molar-refractivity contribution is 0.218. The summed E-state index contributed by atoms with van der Waals surface area (Å²) in [4.78, 5) is 4.35. The molecule has 0 amide bonds. The molecule has 3 N–H and O–H groups in total. The first kappa shape index (κ1) is 12.8. The van der Waals surface area contributed by atoms with Crippen LogP contribution < -0.4 is 5.73 Å². The van der Waals surface area contributed by atoms with Gasteiger partial charge in [0.25, 0.3) is 0 Å². The maximum atomic E-state index is 8.65. The predicted molar refractivity (Wildman–Crippen MR) is 64.1 cm³/mol. The Hall–Kier alpha value is -1.27. The Kier molecular flexibility index (Phi) is 5.07. The van der Waals surface area contributed by atoms with E-state index in [0.29, 0.717) is 12.2 Å². The average molecular weight is 241 g/mol. The van der Waals surface area contributed by atoms with Crippen molar-refractivity contribution in [2.75, 3.05) is 19.5 Å². The van der Waals surface area contributed by atoms with Gasteiger partial charge in [0, 0.05) is 18.6 Å². The van der Waals surface area contributed by atoms with Crippen LogP contribution in [0.1, 0.15) is 11.3 Å². The van der Waals surface area contributed by atoms with Gasteiger partial charge in [-0.25, -0.2) is 4.98 Å². The molecule has 6 heteroatoms. The fraction of sp³-hybridized carbons (Fsp3) is 0.400. The largest absolute Gasteiger partial charge is 0.409 e. The van der Waals surface area contributed by atoms with E-state index in [0.717, 1.165) is 16.5 Å². The van der Waals surface area contributed by atoms with Gasteiger partial charge in [0.2, 0.25) is 0 Å². The summed E-state index contributed by atoms with van der Waals surface area (Å²) >= 11 is 1.52. The number of aryl methyl sites for hydroxylation is 1. The van der Waals surface area contributed by atoms with E-state index >= 15 is 0 Å². The number of pyridine rings is 1. The Morgan fingerprint density at radius 2 is 2.38 bits per heavy atom. The summed E-state index contributed by atoms with van der Waals surface area (Å²) in [5, 5.41) is 12.4. The van der Waals surface area contributed by atoms with Crippen molar-refractivity contribution in [1.82, 2.24) is 4.98 Å². The number of rotatable bonds is 5. The van der Waals surface area contributed by atoms with Gasteiger partial charge < -0.3 is 15.7 Å². The molecule has 16 heavy (non-hydrogen) atoms. The highest BCUT2D eigenvalue weighted by atomic mass is 32.2. The van der Waals surface area contributed by atoms with Crippen LogP contribution in [0.25, 0.3) is 0 Å². The molecular weight excluding hydrogens is 226 g/mol. The maximum absolute atomic E-state index is 8.65. The van der Waals surface area contributed by atoms with E-state index in [4.69, 9.17) is 15.7 Å². The number of nitrogens with two attached hydrogens (primary N) is 1. The zero-order chi connectivity index (χ0) is 12.0. The van der Waals surface area contributed by atoms with Crippen molar-refractivity contribution < 1.29 is 9.94 Å². The number of hydrogen-bond acceptors (Lipinski definition) is 5. The Morgan fingerprint density at radius 3 is 3.00 bits per heavy atom. The summed E-state index contributed by atoms with van der Waals surface area (Å²) in [6, 6.07) is 3.63.